The molecule has 3 nitrogen and oxygen atoms in total. The van der Waals surface area contributed by atoms with Crippen molar-refractivity contribution < 1.29 is 15.0 Å². The number of rotatable bonds is 2. The lowest BCUT2D eigenvalue weighted by Gasteiger charge is -2.32. The van der Waals surface area contributed by atoms with Crippen LogP contribution >= 0.6 is 0 Å². The molecule has 80 valence electrons. The lowest BCUT2D eigenvalue weighted by Crippen LogP contribution is -2.37. The van der Waals surface area contributed by atoms with Gasteiger partial charge in [0.15, 0.2) is 6.10 Å². The van der Waals surface area contributed by atoms with Crippen LogP contribution in [0.5, 0.6) is 0 Å². The first-order valence-electron chi connectivity index (χ1n) is 5.57. The van der Waals surface area contributed by atoms with Gasteiger partial charge < -0.3 is 10.2 Å². The minimum absolute atomic E-state index is 0.0162. The van der Waals surface area contributed by atoms with E-state index >= 15 is 0 Å². The van der Waals surface area contributed by atoms with E-state index in [0.717, 1.165) is 32.1 Å². The maximum Gasteiger partial charge on any atom is 0.332 e. The summed E-state index contributed by atoms with van der Waals surface area (Å²) in [6.07, 6.45) is 6.66. The SMILES string of the molecule is O=C(O)C(O)C1CCCC12CCCC2. The monoisotopic (exact) mass is 198 g/mol. The third-order valence-corrected chi connectivity index (χ3v) is 4.21. The predicted molar refractivity (Wildman–Crippen MR) is 51.9 cm³/mol. The van der Waals surface area contributed by atoms with Crippen molar-refractivity contribution in [1.29, 1.82) is 0 Å². The molecule has 2 fully saturated rings. The highest BCUT2D eigenvalue weighted by atomic mass is 16.4. The van der Waals surface area contributed by atoms with E-state index in [4.69, 9.17) is 5.11 Å². The number of hydrogen-bond donors (Lipinski definition) is 2. The molecule has 2 unspecified atom stereocenters. The summed E-state index contributed by atoms with van der Waals surface area (Å²) in [6, 6.07) is 0. The minimum atomic E-state index is -1.13. The van der Waals surface area contributed by atoms with Crippen molar-refractivity contribution in [3.8, 4) is 0 Å². The molecule has 0 aromatic heterocycles. The van der Waals surface area contributed by atoms with Crippen molar-refractivity contribution in [3.63, 3.8) is 0 Å². The fourth-order valence-corrected chi connectivity index (χ4v) is 3.53. The fraction of sp³-hybridized carbons (Fsp3) is 0.909. The number of carbonyl (C=O) groups is 1. The van der Waals surface area contributed by atoms with Crippen molar-refractivity contribution in [2.24, 2.45) is 11.3 Å². The van der Waals surface area contributed by atoms with Gasteiger partial charge in [0.05, 0.1) is 0 Å². The summed E-state index contributed by atoms with van der Waals surface area (Å²) >= 11 is 0. The Labute approximate surface area is 84.1 Å². The number of aliphatic hydroxyl groups is 1. The fourth-order valence-electron chi connectivity index (χ4n) is 3.53. The largest absolute Gasteiger partial charge is 0.479 e. The van der Waals surface area contributed by atoms with Crippen molar-refractivity contribution in [1.82, 2.24) is 0 Å². The van der Waals surface area contributed by atoms with Crippen LogP contribution in [-0.2, 0) is 4.79 Å². The van der Waals surface area contributed by atoms with E-state index in [9.17, 15) is 9.90 Å². The van der Waals surface area contributed by atoms with Gasteiger partial charge in [0.2, 0.25) is 0 Å². The number of hydrogen-bond acceptors (Lipinski definition) is 2. The molecular formula is C11H18O3. The molecule has 0 aliphatic heterocycles. The van der Waals surface area contributed by atoms with Crippen LogP contribution in [0.4, 0.5) is 0 Å². The van der Waals surface area contributed by atoms with Gasteiger partial charge >= 0.3 is 5.97 Å². The predicted octanol–water partition coefficient (Wildman–Crippen LogP) is 1.79. The Kier molecular flexibility index (Phi) is 2.52. The zero-order valence-electron chi connectivity index (χ0n) is 8.41. The van der Waals surface area contributed by atoms with Gasteiger partial charge in [-0.2, -0.15) is 0 Å². The van der Waals surface area contributed by atoms with E-state index in [1.165, 1.54) is 12.8 Å². The van der Waals surface area contributed by atoms with E-state index in [-0.39, 0.29) is 11.3 Å². The lowest BCUT2D eigenvalue weighted by molar-refractivity contribution is -0.152. The molecule has 3 heteroatoms. The summed E-state index contributed by atoms with van der Waals surface area (Å²) in [5.41, 5.74) is 0.178. The van der Waals surface area contributed by atoms with Gasteiger partial charge in [-0.1, -0.05) is 19.3 Å². The van der Waals surface area contributed by atoms with Crippen molar-refractivity contribution in [3.05, 3.63) is 0 Å². The molecular weight excluding hydrogens is 180 g/mol. The summed E-state index contributed by atoms with van der Waals surface area (Å²) < 4.78 is 0. The van der Waals surface area contributed by atoms with Crippen molar-refractivity contribution >= 4 is 5.97 Å². The number of aliphatic hydroxyl groups excluding tert-OH is 1. The van der Waals surface area contributed by atoms with E-state index < -0.39 is 12.1 Å². The van der Waals surface area contributed by atoms with Crippen LogP contribution in [0.2, 0.25) is 0 Å². The first-order valence-corrected chi connectivity index (χ1v) is 5.57. The molecule has 0 radical (unpaired) electrons. The molecule has 0 saturated heterocycles. The quantitative estimate of drug-likeness (QED) is 0.711. The number of carboxylic acids is 1. The zero-order valence-corrected chi connectivity index (χ0v) is 8.41. The first kappa shape index (κ1) is 9.97. The second-order valence-corrected chi connectivity index (χ2v) is 4.85. The highest BCUT2D eigenvalue weighted by Gasteiger charge is 2.49. The second kappa shape index (κ2) is 3.54. The molecule has 0 aromatic carbocycles. The Morgan fingerprint density at radius 3 is 2.36 bits per heavy atom. The van der Waals surface area contributed by atoms with Crippen LogP contribution in [0, 0.1) is 11.3 Å². The van der Waals surface area contributed by atoms with Crippen LogP contribution in [0.3, 0.4) is 0 Å². The number of aliphatic carboxylic acids is 1. The second-order valence-electron chi connectivity index (χ2n) is 4.85. The normalized spacial score (nSPS) is 32.2. The molecule has 0 heterocycles. The van der Waals surface area contributed by atoms with Crippen LogP contribution in [0.1, 0.15) is 44.9 Å². The van der Waals surface area contributed by atoms with Crippen LogP contribution in [0.15, 0.2) is 0 Å². The molecule has 0 aromatic rings. The summed E-state index contributed by atoms with van der Waals surface area (Å²) in [7, 11) is 0. The molecule has 1 spiro atoms. The molecule has 14 heavy (non-hydrogen) atoms. The highest BCUT2D eigenvalue weighted by Crippen LogP contribution is 2.55. The van der Waals surface area contributed by atoms with Crippen molar-refractivity contribution in [2.45, 2.75) is 51.0 Å². The summed E-state index contributed by atoms with van der Waals surface area (Å²) in [5.74, 6) is -1.02. The average Bonchev–Trinajstić information content (AvgIpc) is 2.76. The van der Waals surface area contributed by atoms with Gasteiger partial charge in [0.25, 0.3) is 0 Å². The van der Waals surface area contributed by atoms with E-state index in [2.05, 4.69) is 0 Å². The Hall–Kier alpha value is -0.570. The third-order valence-electron chi connectivity index (χ3n) is 4.21. The molecule has 2 atom stereocenters. The van der Waals surface area contributed by atoms with Crippen LogP contribution in [-0.4, -0.2) is 22.3 Å². The lowest BCUT2D eigenvalue weighted by atomic mass is 9.74. The average molecular weight is 198 g/mol. The molecule has 0 amide bonds. The van der Waals surface area contributed by atoms with Crippen LogP contribution < -0.4 is 0 Å². The zero-order chi connectivity index (χ0) is 10.2. The Bertz CT molecular complexity index is 225. The van der Waals surface area contributed by atoms with Gasteiger partial charge in [0, 0.05) is 5.92 Å². The maximum absolute atomic E-state index is 10.8. The topological polar surface area (TPSA) is 57.5 Å². The first-order chi connectivity index (χ1) is 6.66. The summed E-state index contributed by atoms with van der Waals surface area (Å²) in [5, 5.41) is 18.5. The molecule has 2 saturated carbocycles. The molecule has 2 aliphatic carbocycles. The van der Waals surface area contributed by atoms with Gasteiger partial charge in [-0.3, -0.25) is 0 Å². The van der Waals surface area contributed by atoms with Gasteiger partial charge in [-0.25, -0.2) is 4.79 Å². The smallest absolute Gasteiger partial charge is 0.332 e. The summed E-state index contributed by atoms with van der Waals surface area (Å²) in [6.45, 7) is 0. The van der Waals surface area contributed by atoms with Crippen molar-refractivity contribution in [2.75, 3.05) is 0 Å². The molecule has 0 bridgehead atoms. The molecule has 2 rings (SSSR count). The highest BCUT2D eigenvalue weighted by molar-refractivity contribution is 5.72. The van der Waals surface area contributed by atoms with E-state index in [1.54, 1.807) is 0 Å². The number of carboxylic acid groups (broad SMARTS) is 1. The van der Waals surface area contributed by atoms with E-state index in [1.807, 2.05) is 0 Å². The Balaban J connectivity index is 2.13. The maximum atomic E-state index is 10.8. The minimum Gasteiger partial charge on any atom is -0.479 e. The van der Waals surface area contributed by atoms with Crippen LogP contribution in [0.25, 0.3) is 0 Å². The standard InChI is InChI=1S/C11H18O3/c12-9(10(13)14)8-4-3-7-11(8)5-1-2-6-11/h8-9,12H,1-7H2,(H,13,14). The van der Waals surface area contributed by atoms with Gasteiger partial charge in [-0.15, -0.1) is 0 Å². The Morgan fingerprint density at radius 1 is 1.21 bits per heavy atom. The van der Waals surface area contributed by atoms with Gasteiger partial charge in [-0.05, 0) is 31.1 Å². The summed E-state index contributed by atoms with van der Waals surface area (Å²) in [4.78, 5) is 10.8. The third kappa shape index (κ3) is 1.44. The molecule has 2 aliphatic rings. The van der Waals surface area contributed by atoms with Gasteiger partial charge in [0.1, 0.15) is 0 Å². The van der Waals surface area contributed by atoms with E-state index in [0.29, 0.717) is 0 Å². The Morgan fingerprint density at radius 2 is 1.79 bits per heavy atom. The molecule has 2 N–H and O–H groups in total.